The molecule has 0 aliphatic carbocycles. The van der Waals surface area contributed by atoms with E-state index >= 15 is 0 Å². The highest BCUT2D eigenvalue weighted by molar-refractivity contribution is 5.96. The van der Waals surface area contributed by atoms with Gasteiger partial charge in [0.25, 0.3) is 5.91 Å². The number of nitrogens with two attached hydrogens (primary N) is 1. The lowest BCUT2D eigenvalue weighted by Crippen LogP contribution is -2.41. The van der Waals surface area contributed by atoms with E-state index in [1.54, 1.807) is 0 Å². The van der Waals surface area contributed by atoms with E-state index in [0.29, 0.717) is 0 Å². The van der Waals surface area contributed by atoms with E-state index in [2.05, 4.69) is 17.2 Å². The van der Waals surface area contributed by atoms with E-state index in [9.17, 15) is 9.59 Å². The molecular formula is C7H10N2O2. The van der Waals surface area contributed by atoms with Gasteiger partial charge in [-0.25, -0.2) is 0 Å². The van der Waals surface area contributed by atoms with Crippen LogP contribution >= 0.6 is 0 Å². The Hall–Kier alpha value is -1.50. The highest BCUT2D eigenvalue weighted by Crippen LogP contribution is 1.77. The number of hydrogen-bond acceptors (Lipinski definition) is 2. The first kappa shape index (κ1) is 9.50. The van der Waals surface area contributed by atoms with Crippen LogP contribution in [0.5, 0.6) is 0 Å². The molecule has 11 heavy (non-hydrogen) atoms. The highest BCUT2D eigenvalue weighted by Gasteiger charge is 2.09. The van der Waals surface area contributed by atoms with Crippen LogP contribution in [0.1, 0.15) is 13.8 Å². The molecule has 4 nitrogen and oxygen atoms in total. The minimum Gasteiger partial charge on any atom is -0.368 e. The van der Waals surface area contributed by atoms with Gasteiger partial charge in [0.1, 0.15) is 6.04 Å². The lowest BCUT2D eigenvalue weighted by atomic mass is 10.3. The molecule has 0 heterocycles. The second-order valence-electron chi connectivity index (χ2n) is 1.97. The first-order chi connectivity index (χ1) is 5.07. The van der Waals surface area contributed by atoms with E-state index in [1.165, 1.54) is 13.8 Å². The molecule has 0 aliphatic rings. The Morgan fingerprint density at radius 1 is 1.55 bits per heavy atom. The molecule has 0 aliphatic heterocycles. The Morgan fingerprint density at radius 3 is 2.45 bits per heavy atom. The van der Waals surface area contributed by atoms with E-state index in [1.807, 2.05) is 0 Å². The van der Waals surface area contributed by atoms with Gasteiger partial charge in [-0.2, -0.15) is 0 Å². The van der Waals surface area contributed by atoms with Gasteiger partial charge in [-0.15, -0.1) is 0 Å². The molecule has 0 aromatic rings. The Kier molecular flexibility index (Phi) is 3.75. The molecule has 1 atom stereocenters. The SMILES string of the molecule is CC#CC(=O)NC(C)C(N)=O. The summed E-state index contributed by atoms with van der Waals surface area (Å²) in [5, 5.41) is 2.29. The lowest BCUT2D eigenvalue weighted by molar-refractivity contribution is -0.124. The molecule has 4 heteroatoms. The number of carbonyl (C=O) groups excluding carboxylic acids is 2. The topological polar surface area (TPSA) is 72.2 Å². The average Bonchev–Trinajstić information content (AvgIpc) is 1.87. The smallest absolute Gasteiger partial charge is 0.296 e. The van der Waals surface area contributed by atoms with Gasteiger partial charge >= 0.3 is 0 Å². The van der Waals surface area contributed by atoms with Crippen molar-refractivity contribution in [3.63, 3.8) is 0 Å². The summed E-state index contributed by atoms with van der Waals surface area (Å²) in [5.74, 6) is 3.56. The zero-order valence-electron chi connectivity index (χ0n) is 6.47. The lowest BCUT2D eigenvalue weighted by Gasteiger charge is -2.05. The van der Waals surface area contributed by atoms with Crippen LogP contribution in [-0.4, -0.2) is 17.9 Å². The van der Waals surface area contributed by atoms with Crippen LogP contribution in [0.15, 0.2) is 0 Å². The van der Waals surface area contributed by atoms with Gasteiger partial charge in [0, 0.05) is 0 Å². The quantitative estimate of drug-likeness (QED) is 0.501. The molecular weight excluding hydrogens is 144 g/mol. The molecule has 0 bridgehead atoms. The van der Waals surface area contributed by atoms with Gasteiger partial charge < -0.3 is 11.1 Å². The monoisotopic (exact) mass is 154 g/mol. The maximum atomic E-state index is 10.7. The minimum atomic E-state index is -0.664. The van der Waals surface area contributed by atoms with Crippen LogP contribution in [0, 0.1) is 11.8 Å². The molecule has 0 saturated carbocycles. The standard InChI is InChI=1S/C7H10N2O2/c1-3-4-6(10)9-5(2)7(8)11/h5H,1-2H3,(H2,8,11)(H,9,10). The zero-order chi connectivity index (χ0) is 8.85. The summed E-state index contributed by atoms with van der Waals surface area (Å²) < 4.78 is 0. The van der Waals surface area contributed by atoms with Gasteiger partial charge in [0.2, 0.25) is 5.91 Å². The van der Waals surface area contributed by atoms with Crippen LogP contribution in [-0.2, 0) is 9.59 Å². The van der Waals surface area contributed by atoms with Gasteiger partial charge in [-0.1, -0.05) is 5.92 Å². The molecule has 3 N–H and O–H groups in total. The Balaban J connectivity index is 3.92. The third-order valence-electron chi connectivity index (χ3n) is 1.01. The number of rotatable bonds is 2. The molecule has 2 amide bonds. The van der Waals surface area contributed by atoms with E-state index in [0.717, 1.165) is 0 Å². The molecule has 60 valence electrons. The zero-order valence-corrected chi connectivity index (χ0v) is 6.47. The molecule has 0 aromatic carbocycles. The number of primary amides is 1. The summed E-state index contributed by atoms with van der Waals surface area (Å²) in [5.41, 5.74) is 4.88. The Labute approximate surface area is 65.1 Å². The second-order valence-corrected chi connectivity index (χ2v) is 1.97. The van der Waals surface area contributed by atoms with Crippen molar-refractivity contribution >= 4 is 11.8 Å². The summed E-state index contributed by atoms with van der Waals surface area (Å²) in [7, 11) is 0. The largest absolute Gasteiger partial charge is 0.368 e. The van der Waals surface area contributed by atoms with Crippen LogP contribution in [0.3, 0.4) is 0 Å². The van der Waals surface area contributed by atoms with Gasteiger partial charge in [0.05, 0.1) is 0 Å². The van der Waals surface area contributed by atoms with Crippen molar-refractivity contribution in [1.29, 1.82) is 0 Å². The van der Waals surface area contributed by atoms with Crippen LogP contribution in [0.4, 0.5) is 0 Å². The van der Waals surface area contributed by atoms with Crippen molar-refractivity contribution in [3.8, 4) is 11.8 Å². The number of hydrogen-bond donors (Lipinski definition) is 2. The molecule has 0 saturated heterocycles. The van der Waals surface area contributed by atoms with Crippen LogP contribution < -0.4 is 11.1 Å². The fourth-order valence-electron chi connectivity index (χ4n) is 0.417. The predicted molar refractivity (Wildman–Crippen MR) is 40.2 cm³/mol. The normalized spacial score (nSPS) is 10.7. The molecule has 0 rings (SSSR count). The van der Waals surface area contributed by atoms with Gasteiger partial charge in [-0.05, 0) is 19.8 Å². The van der Waals surface area contributed by atoms with Crippen LogP contribution in [0.25, 0.3) is 0 Å². The fraction of sp³-hybridized carbons (Fsp3) is 0.429. The van der Waals surface area contributed by atoms with Crippen molar-refractivity contribution in [2.24, 2.45) is 5.73 Å². The first-order valence-electron chi connectivity index (χ1n) is 3.10. The van der Waals surface area contributed by atoms with Crippen molar-refractivity contribution in [1.82, 2.24) is 5.32 Å². The summed E-state index contributed by atoms with van der Waals surface area (Å²) in [6.45, 7) is 3.03. The third kappa shape index (κ3) is 3.98. The molecule has 0 spiro atoms. The first-order valence-corrected chi connectivity index (χ1v) is 3.10. The van der Waals surface area contributed by atoms with Crippen molar-refractivity contribution < 1.29 is 9.59 Å². The number of amides is 2. The van der Waals surface area contributed by atoms with Crippen molar-refractivity contribution in [2.45, 2.75) is 19.9 Å². The number of nitrogens with one attached hydrogen (secondary N) is 1. The summed E-state index contributed by atoms with van der Waals surface area (Å²) in [4.78, 5) is 21.1. The molecule has 0 aromatic heterocycles. The third-order valence-corrected chi connectivity index (χ3v) is 1.01. The Bertz CT molecular complexity index is 224. The van der Waals surface area contributed by atoms with Crippen molar-refractivity contribution in [3.05, 3.63) is 0 Å². The van der Waals surface area contributed by atoms with Gasteiger partial charge in [-0.3, -0.25) is 9.59 Å². The summed E-state index contributed by atoms with van der Waals surface area (Å²) in [6.07, 6.45) is 0. The minimum absolute atomic E-state index is 0.487. The number of carbonyl (C=O) groups is 2. The van der Waals surface area contributed by atoms with Gasteiger partial charge in [0.15, 0.2) is 0 Å². The molecule has 0 radical (unpaired) electrons. The maximum Gasteiger partial charge on any atom is 0.296 e. The van der Waals surface area contributed by atoms with Crippen molar-refractivity contribution in [2.75, 3.05) is 0 Å². The van der Waals surface area contributed by atoms with E-state index < -0.39 is 17.9 Å². The van der Waals surface area contributed by atoms with E-state index in [4.69, 9.17) is 5.73 Å². The average molecular weight is 154 g/mol. The second kappa shape index (κ2) is 4.34. The summed E-state index contributed by atoms with van der Waals surface area (Å²) >= 11 is 0. The Morgan fingerprint density at radius 2 is 2.09 bits per heavy atom. The fourth-order valence-corrected chi connectivity index (χ4v) is 0.417. The molecule has 0 fully saturated rings. The maximum absolute atomic E-state index is 10.7. The molecule has 1 unspecified atom stereocenters. The predicted octanol–water partition coefficient (Wildman–Crippen LogP) is -1.00. The van der Waals surface area contributed by atoms with Crippen LogP contribution in [0.2, 0.25) is 0 Å². The van der Waals surface area contributed by atoms with E-state index in [-0.39, 0.29) is 0 Å². The highest BCUT2D eigenvalue weighted by atomic mass is 16.2. The summed E-state index contributed by atoms with van der Waals surface area (Å²) in [6, 6.07) is -0.664.